The summed E-state index contributed by atoms with van der Waals surface area (Å²) in [6, 6.07) is 13.5. The number of aliphatic imine (C=N–C) groups is 1. The highest BCUT2D eigenvalue weighted by atomic mass is 32.2. The lowest BCUT2D eigenvalue weighted by molar-refractivity contribution is -0.115. The molecule has 2 aromatic carbocycles. The molecule has 0 aliphatic heterocycles. The number of rotatable bonds is 29. The standard InChI is InChI=1S/C44H69N3O8S3/c1-10-12-14-16-28-46(29-17-15-13-11-2)38-24-23-35(3)41(34-38)47(30-20-31-56-53-7)43(49)40(36(4)48)25-26-42(45-27-19-32-58(51,52)55-9)44(5,6)37-21-18-22-39(33-37)57(50)54-8/h18,21-26,33-34,48H,10-17,19-20,27-32H2,1-9H3/b26-25+,40-36+,45-42?. The zero-order valence-corrected chi connectivity index (χ0v) is 38.8. The number of anilines is 2. The van der Waals surface area contributed by atoms with E-state index in [-0.39, 0.29) is 36.0 Å². The van der Waals surface area contributed by atoms with Gasteiger partial charge in [-0.3, -0.25) is 18.2 Å². The SMILES string of the molecule is CCCCCCN(CCCCCC)c1ccc(C)c(N(CCCSOC)C(=O)C(/C=C/C(=NCCCS(=O)(=O)OC)C(C)(C)c2cccc(S(=O)OC)c2)=C(\C)O)c1. The monoisotopic (exact) mass is 863 g/mol. The summed E-state index contributed by atoms with van der Waals surface area (Å²) in [4.78, 5) is 24.3. The van der Waals surface area contributed by atoms with Crippen LogP contribution >= 0.6 is 12.0 Å². The zero-order chi connectivity index (χ0) is 43.1. The topological polar surface area (TPSA) is 135 Å². The first-order chi connectivity index (χ1) is 27.7. The van der Waals surface area contributed by atoms with Crippen molar-refractivity contribution in [2.24, 2.45) is 4.99 Å². The Labute approximate surface area is 356 Å². The fourth-order valence-electron chi connectivity index (χ4n) is 6.48. The average Bonchev–Trinajstić information content (AvgIpc) is 3.21. The van der Waals surface area contributed by atoms with Crippen LogP contribution in [0.25, 0.3) is 0 Å². The van der Waals surface area contributed by atoms with E-state index in [0.717, 1.165) is 55.5 Å². The van der Waals surface area contributed by atoms with Gasteiger partial charge in [0.1, 0.15) is 5.76 Å². The Morgan fingerprint density at radius 1 is 0.914 bits per heavy atom. The molecule has 0 aliphatic rings. The quantitative estimate of drug-likeness (QED) is 0.0160. The van der Waals surface area contributed by atoms with Gasteiger partial charge in [-0.15, -0.1) is 0 Å². The smallest absolute Gasteiger partial charge is 0.267 e. The van der Waals surface area contributed by atoms with E-state index >= 15 is 0 Å². The van der Waals surface area contributed by atoms with Crippen molar-refractivity contribution >= 4 is 56.2 Å². The van der Waals surface area contributed by atoms with E-state index in [1.807, 2.05) is 26.8 Å². The van der Waals surface area contributed by atoms with Crippen LogP contribution in [0.15, 0.2) is 75.8 Å². The van der Waals surface area contributed by atoms with Gasteiger partial charge in [0, 0.05) is 54.4 Å². The second-order valence-electron chi connectivity index (χ2n) is 14.8. The maximum Gasteiger partial charge on any atom is 0.267 e. The van der Waals surface area contributed by atoms with Crippen molar-refractivity contribution < 1.29 is 35.1 Å². The highest BCUT2D eigenvalue weighted by Crippen LogP contribution is 2.31. The molecule has 0 heterocycles. The van der Waals surface area contributed by atoms with Crippen LogP contribution in [0.2, 0.25) is 0 Å². The van der Waals surface area contributed by atoms with E-state index in [1.165, 1.54) is 64.6 Å². The lowest BCUT2D eigenvalue weighted by Gasteiger charge is -2.30. The first-order valence-corrected chi connectivity index (χ1v) is 24.0. The van der Waals surface area contributed by atoms with Crippen LogP contribution in [0.5, 0.6) is 0 Å². The first-order valence-electron chi connectivity index (χ1n) is 20.5. The third-order valence-corrected chi connectivity index (χ3v) is 13.0. The van der Waals surface area contributed by atoms with Crippen LogP contribution in [-0.2, 0) is 44.0 Å². The molecule has 0 aliphatic carbocycles. The minimum absolute atomic E-state index is 0.0971. The third kappa shape index (κ3) is 16.9. The van der Waals surface area contributed by atoms with Crippen LogP contribution in [0.3, 0.4) is 0 Å². The van der Waals surface area contributed by atoms with Crippen molar-refractivity contribution in [3.63, 3.8) is 0 Å². The van der Waals surface area contributed by atoms with E-state index in [4.69, 9.17) is 13.4 Å². The third-order valence-electron chi connectivity index (χ3n) is 10.0. The Kier molecular flexibility index (Phi) is 23.8. The number of hydrogen-bond donors (Lipinski definition) is 1. The van der Waals surface area contributed by atoms with Gasteiger partial charge in [0.25, 0.3) is 16.0 Å². The Balaban J connectivity index is 2.67. The summed E-state index contributed by atoms with van der Waals surface area (Å²) in [5.74, 6) is -0.0581. The fourth-order valence-corrected chi connectivity index (χ4v) is 8.15. The molecule has 1 amide bonds. The molecular formula is C44H69N3O8S3. The summed E-state index contributed by atoms with van der Waals surface area (Å²) in [5, 5.41) is 11.2. The summed E-state index contributed by atoms with van der Waals surface area (Å²) in [6.07, 6.45) is 13.4. The molecule has 0 bridgehead atoms. The van der Waals surface area contributed by atoms with E-state index in [9.17, 15) is 22.5 Å². The summed E-state index contributed by atoms with van der Waals surface area (Å²) < 4.78 is 51.6. The number of unbranched alkanes of at least 4 members (excludes halogenated alkanes) is 6. The van der Waals surface area contributed by atoms with Crippen molar-refractivity contribution in [3.05, 3.63) is 77.1 Å². The number of aryl methyl sites for hydroxylation is 1. The number of carbonyl (C=O) groups is 1. The molecule has 1 N–H and O–H groups in total. The van der Waals surface area contributed by atoms with Crippen LogP contribution in [-0.4, -0.2) is 88.4 Å². The molecule has 2 aromatic rings. The zero-order valence-electron chi connectivity index (χ0n) is 36.4. The molecule has 1 atom stereocenters. The molecule has 11 nitrogen and oxygen atoms in total. The van der Waals surface area contributed by atoms with Crippen LogP contribution in [0.4, 0.5) is 11.4 Å². The largest absolute Gasteiger partial charge is 0.512 e. The first kappa shape index (κ1) is 51.1. The van der Waals surface area contributed by atoms with Gasteiger partial charge in [-0.2, -0.15) is 8.42 Å². The maximum absolute atomic E-state index is 14.8. The number of aliphatic hydroxyl groups is 1. The summed E-state index contributed by atoms with van der Waals surface area (Å²) in [6.45, 7) is 14.3. The number of benzene rings is 2. The van der Waals surface area contributed by atoms with Gasteiger partial charge >= 0.3 is 0 Å². The normalized spacial score (nSPS) is 13.5. The lowest BCUT2D eigenvalue weighted by Crippen LogP contribution is -2.35. The average molecular weight is 864 g/mol. The van der Waals surface area contributed by atoms with Crippen molar-refractivity contribution in [2.75, 3.05) is 68.8 Å². The van der Waals surface area contributed by atoms with Crippen molar-refractivity contribution in [3.8, 4) is 0 Å². The number of hydrogen-bond acceptors (Lipinski definition) is 11. The maximum atomic E-state index is 14.8. The highest BCUT2D eigenvalue weighted by molar-refractivity contribution is 7.94. The van der Waals surface area contributed by atoms with Crippen LogP contribution in [0.1, 0.15) is 110 Å². The Morgan fingerprint density at radius 2 is 1.59 bits per heavy atom. The number of allylic oxidation sites excluding steroid dienone is 2. The van der Waals surface area contributed by atoms with Gasteiger partial charge in [0.05, 0.1) is 37.6 Å². The van der Waals surface area contributed by atoms with Gasteiger partial charge in [-0.25, -0.2) is 4.21 Å². The van der Waals surface area contributed by atoms with Crippen LogP contribution < -0.4 is 9.80 Å². The van der Waals surface area contributed by atoms with E-state index in [1.54, 1.807) is 42.4 Å². The minimum atomic E-state index is -3.68. The van der Waals surface area contributed by atoms with Gasteiger partial charge in [0.15, 0.2) is 11.1 Å². The van der Waals surface area contributed by atoms with Gasteiger partial charge in [-0.05, 0) is 99.1 Å². The predicted octanol–water partition coefficient (Wildman–Crippen LogP) is 9.82. The van der Waals surface area contributed by atoms with Gasteiger partial charge in [-0.1, -0.05) is 84.4 Å². The number of aliphatic hydroxyl groups excluding tert-OH is 1. The molecule has 0 fully saturated rings. The lowest BCUT2D eigenvalue weighted by atomic mass is 9.79. The summed E-state index contributed by atoms with van der Waals surface area (Å²) >= 11 is -0.341. The molecule has 0 saturated carbocycles. The molecular weight excluding hydrogens is 795 g/mol. The van der Waals surface area contributed by atoms with Crippen molar-refractivity contribution in [2.45, 2.75) is 116 Å². The number of amides is 1. The molecule has 1 unspecified atom stereocenters. The molecule has 0 radical (unpaired) electrons. The summed E-state index contributed by atoms with van der Waals surface area (Å²) in [7, 11) is 0.445. The molecule has 14 heteroatoms. The van der Waals surface area contributed by atoms with Gasteiger partial charge in [0.2, 0.25) is 0 Å². The molecule has 0 spiro atoms. The fraction of sp³-hybridized carbons (Fsp3) is 0.591. The van der Waals surface area contributed by atoms with Crippen LogP contribution in [0, 0.1) is 6.92 Å². The Hall–Kier alpha value is -3.01. The van der Waals surface area contributed by atoms with E-state index < -0.39 is 26.6 Å². The molecule has 0 saturated heterocycles. The highest BCUT2D eigenvalue weighted by Gasteiger charge is 2.28. The molecule has 2 rings (SSSR count). The molecule has 326 valence electrons. The minimum Gasteiger partial charge on any atom is -0.512 e. The van der Waals surface area contributed by atoms with E-state index in [2.05, 4.69) is 41.1 Å². The van der Waals surface area contributed by atoms with Crippen molar-refractivity contribution in [1.82, 2.24) is 0 Å². The predicted molar refractivity (Wildman–Crippen MR) is 243 cm³/mol. The number of nitrogens with zero attached hydrogens (tertiary/aromatic N) is 3. The number of carbonyl (C=O) groups excluding carboxylic acids is 1. The second-order valence-corrected chi connectivity index (χ2v) is 18.9. The Bertz CT molecular complexity index is 1780. The van der Waals surface area contributed by atoms with Crippen molar-refractivity contribution in [1.29, 1.82) is 0 Å². The molecule has 58 heavy (non-hydrogen) atoms. The van der Waals surface area contributed by atoms with Gasteiger partial charge < -0.3 is 19.1 Å². The summed E-state index contributed by atoms with van der Waals surface area (Å²) in [5.41, 5.74) is 3.39. The Morgan fingerprint density at radius 3 is 2.17 bits per heavy atom. The van der Waals surface area contributed by atoms with E-state index in [0.29, 0.717) is 29.3 Å². The second kappa shape index (κ2) is 27.0. The molecule has 0 aromatic heterocycles.